The first-order valence-electron chi connectivity index (χ1n) is 3.50. The van der Waals surface area contributed by atoms with Crippen molar-refractivity contribution in [1.29, 1.82) is 5.26 Å². The highest BCUT2D eigenvalue weighted by atomic mass is 127. The second kappa shape index (κ2) is 3.75. The van der Waals surface area contributed by atoms with Crippen LogP contribution in [0.25, 0.3) is 0 Å². The Balaban J connectivity index is 3.50. The Bertz CT molecular complexity index is 407. The lowest BCUT2D eigenvalue weighted by molar-refractivity contribution is 0.0695. The number of carbonyl (C=O) groups is 1. The quantitative estimate of drug-likeness (QED) is 0.805. The van der Waals surface area contributed by atoms with Crippen molar-refractivity contribution >= 4 is 28.6 Å². The maximum atomic E-state index is 10.8. The minimum Gasteiger partial charge on any atom is -0.478 e. The van der Waals surface area contributed by atoms with Crippen molar-refractivity contribution in [3.63, 3.8) is 0 Å². The molecule has 0 fully saturated rings. The van der Waals surface area contributed by atoms with Crippen LogP contribution >= 0.6 is 22.6 Å². The molecule has 0 aromatic heterocycles. The van der Waals surface area contributed by atoms with Gasteiger partial charge in [0.15, 0.2) is 0 Å². The highest BCUT2D eigenvalue weighted by Crippen LogP contribution is 2.19. The maximum absolute atomic E-state index is 10.8. The normalized spacial score (nSPS) is 9.31. The standard InChI is InChI=1S/C9H6INO2/c1-5-6(4-11)2-3-7(10)8(5)9(12)13/h2-3H,1H3,(H,12,13). The van der Waals surface area contributed by atoms with Crippen LogP contribution in [-0.2, 0) is 0 Å². The second-order valence-electron chi connectivity index (χ2n) is 2.51. The van der Waals surface area contributed by atoms with Gasteiger partial charge in [-0.1, -0.05) is 0 Å². The molecule has 0 aliphatic rings. The summed E-state index contributed by atoms with van der Waals surface area (Å²) in [6.45, 7) is 1.64. The SMILES string of the molecule is Cc1c(C#N)ccc(I)c1C(=O)O. The third-order valence-electron chi connectivity index (χ3n) is 1.75. The van der Waals surface area contributed by atoms with Gasteiger partial charge in [0.25, 0.3) is 0 Å². The number of halogens is 1. The van der Waals surface area contributed by atoms with Gasteiger partial charge in [0.2, 0.25) is 0 Å². The monoisotopic (exact) mass is 287 g/mol. The van der Waals surface area contributed by atoms with Crippen molar-refractivity contribution < 1.29 is 9.90 Å². The Morgan fingerprint density at radius 2 is 2.23 bits per heavy atom. The highest BCUT2D eigenvalue weighted by Gasteiger charge is 2.13. The maximum Gasteiger partial charge on any atom is 0.337 e. The third kappa shape index (κ3) is 1.80. The zero-order valence-corrected chi connectivity index (χ0v) is 8.99. The number of nitrogens with zero attached hydrogens (tertiary/aromatic N) is 1. The predicted molar refractivity (Wildman–Crippen MR) is 55.6 cm³/mol. The minimum atomic E-state index is -0.987. The van der Waals surface area contributed by atoms with Gasteiger partial charge in [0.05, 0.1) is 17.2 Å². The first kappa shape index (κ1) is 9.99. The van der Waals surface area contributed by atoms with E-state index in [-0.39, 0.29) is 5.56 Å². The minimum absolute atomic E-state index is 0.222. The molecule has 0 unspecified atom stereocenters. The summed E-state index contributed by atoms with van der Waals surface area (Å²) in [6.07, 6.45) is 0. The summed E-state index contributed by atoms with van der Waals surface area (Å²) in [5.41, 5.74) is 1.17. The van der Waals surface area contributed by atoms with Gasteiger partial charge in [-0.05, 0) is 47.2 Å². The van der Waals surface area contributed by atoms with Crippen LogP contribution in [0.3, 0.4) is 0 Å². The van der Waals surface area contributed by atoms with Gasteiger partial charge in [-0.3, -0.25) is 0 Å². The van der Waals surface area contributed by atoms with Gasteiger partial charge in [0.1, 0.15) is 0 Å². The van der Waals surface area contributed by atoms with Crippen LogP contribution in [0.2, 0.25) is 0 Å². The number of benzene rings is 1. The summed E-state index contributed by atoms with van der Waals surface area (Å²) < 4.78 is 0.654. The van der Waals surface area contributed by atoms with Crippen LogP contribution in [0.1, 0.15) is 21.5 Å². The number of aromatic carboxylic acids is 1. The van der Waals surface area contributed by atoms with E-state index in [2.05, 4.69) is 0 Å². The molecule has 4 heteroatoms. The summed E-state index contributed by atoms with van der Waals surface area (Å²) in [6, 6.07) is 5.21. The van der Waals surface area contributed by atoms with Crippen LogP contribution < -0.4 is 0 Å². The van der Waals surface area contributed by atoms with Crippen LogP contribution in [0.4, 0.5) is 0 Å². The van der Waals surface area contributed by atoms with Gasteiger partial charge in [-0.15, -0.1) is 0 Å². The number of rotatable bonds is 1. The number of hydrogen-bond acceptors (Lipinski definition) is 2. The average Bonchev–Trinajstić information content (AvgIpc) is 2.04. The fourth-order valence-corrected chi connectivity index (χ4v) is 1.88. The molecule has 0 radical (unpaired) electrons. The molecule has 1 rings (SSSR count). The zero-order valence-electron chi connectivity index (χ0n) is 6.84. The van der Waals surface area contributed by atoms with E-state index in [1.165, 1.54) is 0 Å². The molecule has 0 bridgehead atoms. The fourth-order valence-electron chi connectivity index (χ4n) is 1.06. The van der Waals surface area contributed by atoms with Gasteiger partial charge in [0, 0.05) is 3.57 Å². The molecule has 1 N–H and O–H groups in total. The summed E-state index contributed by atoms with van der Waals surface area (Å²) in [5, 5.41) is 17.5. The molecule has 0 spiro atoms. The molecule has 3 nitrogen and oxygen atoms in total. The summed E-state index contributed by atoms with van der Waals surface area (Å²) in [5.74, 6) is -0.987. The zero-order chi connectivity index (χ0) is 10.0. The van der Waals surface area contributed by atoms with E-state index in [9.17, 15) is 4.79 Å². The van der Waals surface area contributed by atoms with E-state index in [0.717, 1.165) is 0 Å². The molecule has 66 valence electrons. The molecular formula is C9H6INO2. The van der Waals surface area contributed by atoms with Crippen LogP contribution in [0.15, 0.2) is 12.1 Å². The first-order chi connectivity index (χ1) is 6.07. The molecule has 13 heavy (non-hydrogen) atoms. The summed E-state index contributed by atoms with van der Waals surface area (Å²) in [4.78, 5) is 10.8. The van der Waals surface area contributed by atoms with E-state index in [4.69, 9.17) is 10.4 Å². The van der Waals surface area contributed by atoms with Gasteiger partial charge >= 0.3 is 5.97 Å². The van der Waals surface area contributed by atoms with Gasteiger partial charge in [-0.2, -0.15) is 5.26 Å². The number of hydrogen-bond donors (Lipinski definition) is 1. The van der Waals surface area contributed by atoms with Crippen molar-refractivity contribution in [2.45, 2.75) is 6.92 Å². The molecular weight excluding hydrogens is 281 g/mol. The van der Waals surface area contributed by atoms with Gasteiger partial charge in [-0.25, -0.2) is 4.79 Å². The van der Waals surface area contributed by atoms with Crippen LogP contribution in [0.5, 0.6) is 0 Å². The summed E-state index contributed by atoms with van der Waals surface area (Å²) >= 11 is 1.94. The third-order valence-corrected chi connectivity index (χ3v) is 2.65. The predicted octanol–water partition coefficient (Wildman–Crippen LogP) is 2.17. The molecule has 0 saturated heterocycles. The molecule has 0 heterocycles. The number of nitriles is 1. The Labute approximate surface area is 89.1 Å². The van der Waals surface area contributed by atoms with Crippen molar-refractivity contribution in [3.8, 4) is 6.07 Å². The number of carboxylic acid groups (broad SMARTS) is 1. The lowest BCUT2D eigenvalue weighted by Crippen LogP contribution is -2.04. The van der Waals surface area contributed by atoms with Crippen molar-refractivity contribution in [2.24, 2.45) is 0 Å². The van der Waals surface area contributed by atoms with E-state index in [1.54, 1.807) is 19.1 Å². The Kier molecular flexibility index (Phi) is 2.88. The van der Waals surface area contributed by atoms with Crippen molar-refractivity contribution in [1.82, 2.24) is 0 Å². The van der Waals surface area contributed by atoms with Crippen LogP contribution in [-0.4, -0.2) is 11.1 Å². The topological polar surface area (TPSA) is 61.1 Å². The van der Waals surface area contributed by atoms with E-state index < -0.39 is 5.97 Å². The first-order valence-corrected chi connectivity index (χ1v) is 4.58. The van der Waals surface area contributed by atoms with Crippen LogP contribution in [0, 0.1) is 21.8 Å². The van der Waals surface area contributed by atoms with E-state index in [0.29, 0.717) is 14.7 Å². The van der Waals surface area contributed by atoms with Gasteiger partial charge < -0.3 is 5.11 Å². The van der Waals surface area contributed by atoms with Crippen molar-refractivity contribution in [2.75, 3.05) is 0 Å². The number of carboxylic acids is 1. The molecule has 0 atom stereocenters. The smallest absolute Gasteiger partial charge is 0.337 e. The average molecular weight is 287 g/mol. The molecule has 0 amide bonds. The van der Waals surface area contributed by atoms with Crippen molar-refractivity contribution in [3.05, 3.63) is 32.4 Å². The Morgan fingerprint density at radius 3 is 2.69 bits per heavy atom. The highest BCUT2D eigenvalue weighted by molar-refractivity contribution is 14.1. The fraction of sp³-hybridized carbons (Fsp3) is 0.111. The lowest BCUT2D eigenvalue weighted by atomic mass is 10.0. The largest absolute Gasteiger partial charge is 0.478 e. The molecule has 0 aliphatic carbocycles. The lowest BCUT2D eigenvalue weighted by Gasteiger charge is -2.04. The Hall–Kier alpha value is -1.09. The Morgan fingerprint density at radius 1 is 1.62 bits per heavy atom. The second-order valence-corrected chi connectivity index (χ2v) is 3.67. The van der Waals surface area contributed by atoms with E-state index in [1.807, 2.05) is 28.7 Å². The molecule has 0 saturated carbocycles. The van der Waals surface area contributed by atoms with E-state index >= 15 is 0 Å². The molecule has 0 aliphatic heterocycles. The molecule has 1 aromatic rings. The molecule has 1 aromatic carbocycles. The summed E-state index contributed by atoms with van der Waals surface area (Å²) in [7, 11) is 0.